The SMILES string of the molecule is C=CCCN(CC=C)S(=O)(=O)c1ccc(NC(=O)c2csnn2)cc1. The van der Waals surface area contributed by atoms with Crippen molar-refractivity contribution < 1.29 is 13.2 Å². The Bertz CT molecular complexity index is 831. The predicted octanol–water partition coefficient (Wildman–Crippen LogP) is 2.54. The smallest absolute Gasteiger partial charge is 0.277 e. The summed E-state index contributed by atoms with van der Waals surface area (Å²) in [6, 6.07) is 5.97. The van der Waals surface area contributed by atoms with E-state index >= 15 is 0 Å². The third kappa shape index (κ3) is 4.81. The Balaban J connectivity index is 2.15. The standard InChI is InChI=1S/C16H18N4O3S2/c1-3-5-11-20(10-4-2)25(22,23)14-8-6-13(7-9-14)17-16(21)15-12-24-19-18-15/h3-4,6-9,12H,1-2,5,10-11H2,(H,17,21). The van der Waals surface area contributed by atoms with Gasteiger partial charge in [0.25, 0.3) is 5.91 Å². The summed E-state index contributed by atoms with van der Waals surface area (Å²) in [5.74, 6) is -0.399. The van der Waals surface area contributed by atoms with Gasteiger partial charge in [-0.2, -0.15) is 4.31 Å². The van der Waals surface area contributed by atoms with Gasteiger partial charge in [-0.15, -0.1) is 18.3 Å². The van der Waals surface area contributed by atoms with Crippen LogP contribution in [0, 0.1) is 0 Å². The molecule has 0 unspecified atom stereocenters. The van der Waals surface area contributed by atoms with Gasteiger partial charge in [-0.3, -0.25) is 4.79 Å². The van der Waals surface area contributed by atoms with Gasteiger partial charge in [-0.25, -0.2) is 8.42 Å². The Hall–Kier alpha value is -2.36. The van der Waals surface area contributed by atoms with Crippen LogP contribution in [-0.2, 0) is 10.0 Å². The topological polar surface area (TPSA) is 92.3 Å². The minimum Gasteiger partial charge on any atom is -0.321 e. The van der Waals surface area contributed by atoms with Gasteiger partial charge >= 0.3 is 0 Å². The molecule has 1 heterocycles. The Morgan fingerprint density at radius 1 is 1.24 bits per heavy atom. The lowest BCUT2D eigenvalue weighted by Crippen LogP contribution is -2.32. The van der Waals surface area contributed by atoms with Crippen LogP contribution >= 0.6 is 11.5 Å². The van der Waals surface area contributed by atoms with Gasteiger partial charge in [0.2, 0.25) is 10.0 Å². The molecule has 2 rings (SSSR count). The first-order chi connectivity index (χ1) is 12.0. The minimum absolute atomic E-state index is 0.145. The molecule has 1 aromatic heterocycles. The normalized spacial score (nSPS) is 11.2. The van der Waals surface area contributed by atoms with Gasteiger partial charge in [-0.05, 0) is 42.2 Å². The van der Waals surface area contributed by atoms with E-state index in [-0.39, 0.29) is 17.1 Å². The lowest BCUT2D eigenvalue weighted by atomic mass is 10.3. The fourth-order valence-corrected chi connectivity index (χ4v) is 3.87. The highest BCUT2D eigenvalue weighted by atomic mass is 32.2. The number of rotatable bonds is 9. The quantitative estimate of drug-likeness (QED) is 0.677. The summed E-state index contributed by atoms with van der Waals surface area (Å²) in [6.45, 7) is 7.75. The van der Waals surface area contributed by atoms with E-state index in [4.69, 9.17) is 0 Å². The van der Waals surface area contributed by atoms with Crippen molar-refractivity contribution >= 4 is 33.2 Å². The molecule has 2 aromatic rings. The molecule has 0 saturated heterocycles. The van der Waals surface area contributed by atoms with Crippen LogP contribution in [0.1, 0.15) is 16.9 Å². The van der Waals surface area contributed by atoms with Gasteiger partial charge in [0.05, 0.1) is 4.90 Å². The second-order valence-corrected chi connectivity index (χ2v) is 7.55. The highest BCUT2D eigenvalue weighted by molar-refractivity contribution is 7.89. The van der Waals surface area contributed by atoms with Crippen molar-refractivity contribution in [2.24, 2.45) is 0 Å². The number of nitrogens with zero attached hydrogens (tertiary/aromatic N) is 3. The second-order valence-electron chi connectivity index (χ2n) is 5.00. The van der Waals surface area contributed by atoms with Crippen molar-refractivity contribution in [2.75, 3.05) is 18.4 Å². The summed E-state index contributed by atoms with van der Waals surface area (Å²) < 4.78 is 30.3. The van der Waals surface area contributed by atoms with E-state index in [0.29, 0.717) is 18.7 Å². The zero-order valence-corrected chi connectivity index (χ0v) is 15.1. The number of nitrogens with one attached hydrogen (secondary N) is 1. The number of sulfonamides is 1. The Morgan fingerprint density at radius 3 is 2.52 bits per heavy atom. The van der Waals surface area contributed by atoms with Crippen molar-refractivity contribution in [3.8, 4) is 0 Å². The first kappa shape index (κ1) is 19.0. The van der Waals surface area contributed by atoms with Gasteiger partial charge in [-0.1, -0.05) is 16.6 Å². The van der Waals surface area contributed by atoms with Crippen molar-refractivity contribution in [3.63, 3.8) is 0 Å². The third-order valence-electron chi connectivity index (χ3n) is 3.26. The lowest BCUT2D eigenvalue weighted by Gasteiger charge is -2.20. The number of benzene rings is 1. The summed E-state index contributed by atoms with van der Waals surface area (Å²) in [5, 5.41) is 7.85. The Kier molecular flexibility index (Phi) is 6.57. The van der Waals surface area contributed by atoms with Gasteiger partial charge in [0, 0.05) is 24.2 Å². The highest BCUT2D eigenvalue weighted by Crippen LogP contribution is 2.19. The molecule has 7 nitrogen and oxygen atoms in total. The number of aromatic nitrogens is 2. The first-order valence-corrected chi connectivity index (χ1v) is 9.67. The van der Waals surface area contributed by atoms with Crippen molar-refractivity contribution in [1.82, 2.24) is 13.9 Å². The molecule has 0 saturated carbocycles. The van der Waals surface area contributed by atoms with Crippen LogP contribution < -0.4 is 5.32 Å². The van der Waals surface area contributed by atoms with Crippen molar-refractivity contribution in [3.05, 3.63) is 60.6 Å². The van der Waals surface area contributed by atoms with Crippen LogP contribution in [0.2, 0.25) is 0 Å². The summed E-state index contributed by atoms with van der Waals surface area (Å²) in [4.78, 5) is 12.1. The summed E-state index contributed by atoms with van der Waals surface area (Å²) in [6.07, 6.45) is 3.75. The first-order valence-electron chi connectivity index (χ1n) is 7.39. The molecule has 1 aromatic carbocycles. The summed E-state index contributed by atoms with van der Waals surface area (Å²) in [5.41, 5.74) is 0.682. The predicted molar refractivity (Wildman–Crippen MR) is 98.1 cm³/mol. The molecule has 0 fully saturated rings. The maximum Gasteiger partial charge on any atom is 0.277 e. The largest absolute Gasteiger partial charge is 0.321 e. The van der Waals surface area contributed by atoms with Crippen molar-refractivity contribution in [2.45, 2.75) is 11.3 Å². The molecule has 9 heteroatoms. The van der Waals surface area contributed by atoms with E-state index in [2.05, 4.69) is 28.1 Å². The van der Waals surface area contributed by atoms with Gasteiger partial charge in [0.1, 0.15) is 0 Å². The van der Waals surface area contributed by atoms with Crippen LogP contribution in [0.25, 0.3) is 0 Å². The highest BCUT2D eigenvalue weighted by Gasteiger charge is 2.22. The minimum atomic E-state index is -3.64. The molecular weight excluding hydrogens is 360 g/mol. The number of hydrogen-bond donors (Lipinski definition) is 1. The van der Waals surface area contributed by atoms with Gasteiger partial charge < -0.3 is 5.32 Å². The molecule has 0 atom stereocenters. The summed E-state index contributed by atoms with van der Waals surface area (Å²) >= 11 is 1.08. The second kappa shape index (κ2) is 8.65. The maximum absolute atomic E-state index is 12.7. The lowest BCUT2D eigenvalue weighted by molar-refractivity contribution is 0.102. The number of hydrogen-bond acceptors (Lipinski definition) is 6. The van der Waals surface area contributed by atoms with Gasteiger partial charge in [0.15, 0.2) is 5.69 Å². The fourth-order valence-electron chi connectivity index (χ4n) is 2.01. The monoisotopic (exact) mass is 378 g/mol. The van der Waals surface area contributed by atoms with E-state index in [1.54, 1.807) is 6.08 Å². The molecule has 0 aliphatic heterocycles. The maximum atomic E-state index is 12.7. The fraction of sp³-hybridized carbons (Fsp3) is 0.188. The molecule has 0 aliphatic carbocycles. The average molecular weight is 378 g/mol. The van der Waals surface area contributed by atoms with E-state index in [1.807, 2.05) is 0 Å². The molecular formula is C16H18N4O3S2. The molecule has 0 aliphatic rings. The third-order valence-corrected chi connectivity index (χ3v) is 5.64. The molecule has 132 valence electrons. The van der Waals surface area contributed by atoms with Crippen LogP contribution in [0.4, 0.5) is 5.69 Å². The molecule has 25 heavy (non-hydrogen) atoms. The van der Waals surface area contributed by atoms with Crippen LogP contribution in [0.3, 0.4) is 0 Å². The molecule has 0 spiro atoms. The molecule has 1 N–H and O–H groups in total. The van der Waals surface area contributed by atoms with Crippen LogP contribution in [-0.4, -0.2) is 41.3 Å². The van der Waals surface area contributed by atoms with Crippen LogP contribution in [0.15, 0.2) is 59.9 Å². The Morgan fingerprint density at radius 2 is 1.96 bits per heavy atom. The summed E-state index contributed by atoms with van der Waals surface area (Å²) in [7, 11) is -3.64. The van der Waals surface area contributed by atoms with E-state index in [9.17, 15) is 13.2 Å². The number of carbonyl (C=O) groups is 1. The van der Waals surface area contributed by atoms with E-state index < -0.39 is 15.9 Å². The average Bonchev–Trinajstić information content (AvgIpc) is 3.13. The number of amides is 1. The van der Waals surface area contributed by atoms with E-state index in [0.717, 1.165) is 11.5 Å². The molecule has 1 amide bonds. The molecule has 0 radical (unpaired) electrons. The Labute approximate surface area is 150 Å². The number of carbonyl (C=O) groups excluding carboxylic acids is 1. The van der Waals surface area contributed by atoms with Crippen LogP contribution in [0.5, 0.6) is 0 Å². The number of anilines is 1. The zero-order valence-electron chi connectivity index (χ0n) is 13.5. The zero-order chi connectivity index (χ0) is 18.3. The van der Waals surface area contributed by atoms with E-state index in [1.165, 1.54) is 40.0 Å². The molecule has 0 bridgehead atoms. The van der Waals surface area contributed by atoms with Crippen molar-refractivity contribution in [1.29, 1.82) is 0 Å².